The van der Waals surface area contributed by atoms with Gasteiger partial charge in [0.05, 0.1) is 11.6 Å². The maximum Gasteiger partial charge on any atom is 0.343 e. The van der Waals surface area contributed by atoms with Crippen LogP contribution in [0.2, 0.25) is 0 Å². The van der Waals surface area contributed by atoms with Gasteiger partial charge in [0.2, 0.25) is 0 Å². The monoisotopic (exact) mass is 253 g/mol. The molecule has 0 spiro atoms. The van der Waals surface area contributed by atoms with E-state index in [0.29, 0.717) is 16.9 Å². The first-order chi connectivity index (χ1) is 9.06. The van der Waals surface area contributed by atoms with Gasteiger partial charge in [-0.25, -0.2) is 4.79 Å². The molecule has 0 amide bonds. The number of carbonyl (C=O) groups excluding carboxylic acids is 1. The first-order valence-corrected chi connectivity index (χ1v) is 5.76. The summed E-state index contributed by atoms with van der Waals surface area (Å²) < 4.78 is 5.17. The van der Waals surface area contributed by atoms with Gasteiger partial charge in [-0.05, 0) is 44.2 Å². The van der Waals surface area contributed by atoms with E-state index in [1.54, 1.807) is 25.1 Å². The number of ether oxygens (including phenoxy) is 1. The van der Waals surface area contributed by atoms with Crippen LogP contribution in [0, 0.1) is 18.3 Å². The number of benzene rings is 1. The summed E-state index contributed by atoms with van der Waals surface area (Å²) in [7, 11) is 0. The smallest absolute Gasteiger partial charge is 0.343 e. The second-order valence-electron chi connectivity index (χ2n) is 3.99. The van der Waals surface area contributed by atoms with Gasteiger partial charge >= 0.3 is 5.97 Å². The summed E-state index contributed by atoms with van der Waals surface area (Å²) in [5.41, 5.74) is 2.06. The maximum absolute atomic E-state index is 11.8. The second-order valence-corrected chi connectivity index (χ2v) is 3.99. The minimum atomic E-state index is -0.450. The van der Waals surface area contributed by atoms with Crippen molar-refractivity contribution in [2.75, 3.05) is 0 Å². The second kappa shape index (κ2) is 6.97. The molecule has 0 radical (unpaired) electrons. The molecule has 0 aliphatic carbocycles. The Morgan fingerprint density at radius 3 is 2.47 bits per heavy atom. The van der Waals surface area contributed by atoms with E-state index in [2.05, 4.69) is 6.58 Å². The minimum absolute atomic E-state index is 0.306. The molecule has 96 valence electrons. The lowest BCUT2D eigenvalue weighted by Gasteiger charge is -2.04. The maximum atomic E-state index is 11.8. The molecule has 0 heterocycles. The number of hydrogen-bond acceptors (Lipinski definition) is 3. The van der Waals surface area contributed by atoms with Crippen molar-refractivity contribution >= 4 is 5.97 Å². The van der Waals surface area contributed by atoms with Crippen molar-refractivity contribution in [1.29, 1.82) is 5.26 Å². The van der Waals surface area contributed by atoms with Crippen LogP contribution in [0.25, 0.3) is 0 Å². The molecule has 0 aliphatic rings. The quantitative estimate of drug-likeness (QED) is 0.356. The van der Waals surface area contributed by atoms with E-state index in [9.17, 15) is 4.79 Å². The summed E-state index contributed by atoms with van der Waals surface area (Å²) in [5.74, 6) is -0.144. The van der Waals surface area contributed by atoms with E-state index in [4.69, 9.17) is 10.00 Å². The zero-order valence-electron chi connectivity index (χ0n) is 11.0. The number of carbonyl (C=O) groups is 1. The van der Waals surface area contributed by atoms with Gasteiger partial charge in [-0.15, -0.1) is 0 Å². The zero-order valence-corrected chi connectivity index (χ0v) is 11.0. The van der Waals surface area contributed by atoms with Crippen LogP contribution in [-0.4, -0.2) is 5.97 Å². The summed E-state index contributed by atoms with van der Waals surface area (Å²) >= 11 is 0. The standard InChI is InChI=1S/C16H15NO2/c1-4-15(10-7-13(3)11-17)19-16(18)14-8-5-12(2)6-9-14/h4-10H,1H2,2-3H3/b13-7+,15-10+. The highest BCUT2D eigenvalue weighted by atomic mass is 16.5. The molecule has 0 fully saturated rings. The molecule has 0 atom stereocenters. The third-order valence-electron chi connectivity index (χ3n) is 2.37. The first kappa shape index (κ1) is 14.5. The Balaban J connectivity index is 2.82. The van der Waals surface area contributed by atoms with Crippen LogP contribution in [-0.2, 0) is 4.74 Å². The molecule has 0 unspecified atom stereocenters. The lowest BCUT2D eigenvalue weighted by molar-refractivity contribution is 0.0637. The zero-order chi connectivity index (χ0) is 14.3. The van der Waals surface area contributed by atoms with Gasteiger partial charge in [-0.3, -0.25) is 0 Å². The van der Waals surface area contributed by atoms with Crippen molar-refractivity contribution in [1.82, 2.24) is 0 Å². The fourth-order valence-electron chi connectivity index (χ4n) is 1.24. The summed E-state index contributed by atoms with van der Waals surface area (Å²) in [6.07, 6.45) is 4.53. The molecule has 19 heavy (non-hydrogen) atoms. The third-order valence-corrected chi connectivity index (χ3v) is 2.37. The molecule has 0 saturated heterocycles. The first-order valence-electron chi connectivity index (χ1n) is 5.76. The van der Waals surface area contributed by atoms with E-state index < -0.39 is 5.97 Å². The van der Waals surface area contributed by atoms with Crippen LogP contribution in [0.4, 0.5) is 0 Å². The van der Waals surface area contributed by atoms with Crippen LogP contribution in [0.3, 0.4) is 0 Å². The van der Waals surface area contributed by atoms with Gasteiger partial charge in [0.25, 0.3) is 0 Å². The van der Waals surface area contributed by atoms with E-state index in [1.807, 2.05) is 25.1 Å². The third kappa shape index (κ3) is 4.64. The molecule has 0 N–H and O–H groups in total. The Kier molecular flexibility index (Phi) is 5.31. The molecule has 0 saturated carbocycles. The van der Waals surface area contributed by atoms with Crippen LogP contribution in [0.1, 0.15) is 22.8 Å². The Morgan fingerprint density at radius 2 is 1.95 bits per heavy atom. The summed E-state index contributed by atoms with van der Waals surface area (Å²) in [6.45, 7) is 7.18. The largest absolute Gasteiger partial charge is 0.423 e. The molecular weight excluding hydrogens is 238 g/mol. The van der Waals surface area contributed by atoms with Crippen LogP contribution in [0.5, 0.6) is 0 Å². The van der Waals surface area contributed by atoms with Crippen LogP contribution >= 0.6 is 0 Å². The Labute approximate surface area is 113 Å². The number of rotatable bonds is 4. The predicted octanol–water partition coefficient (Wildman–Crippen LogP) is 3.69. The molecule has 1 aromatic carbocycles. The van der Waals surface area contributed by atoms with Crippen molar-refractivity contribution in [3.05, 3.63) is 71.5 Å². The fraction of sp³-hybridized carbons (Fsp3) is 0.125. The van der Waals surface area contributed by atoms with E-state index in [1.165, 1.54) is 12.2 Å². The van der Waals surface area contributed by atoms with Gasteiger partial charge in [-0.1, -0.05) is 24.3 Å². The normalized spacial score (nSPS) is 11.6. The Bertz CT molecular complexity index is 572. The fourth-order valence-corrected chi connectivity index (χ4v) is 1.24. The predicted molar refractivity (Wildman–Crippen MR) is 74.2 cm³/mol. The average molecular weight is 253 g/mol. The number of hydrogen-bond donors (Lipinski definition) is 0. The molecule has 0 bridgehead atoms. The summed E-state index contributed by atoms with van der Waals surface area (Å²) in [5, 5.41) is 8.63. The lowest BCUT2D eigenvalue weighted by atomic mass is 10.1. The SMILES string of the molecule is C=C/C(=C\C=C(/C)C#N)OC(=O)c1ccc(C)cc1. The van der Waals surface area contributed by atoms with Crippen molar-refractivity contribution in [2.24, 2.45) is 0 Å². The van der Waals surface area contributed by atoms with E-state index >= 15 is 0 Å². The van der Waals surface area contributed by atoms with Gasteiger partial charge in [0.1, 0.15) is 5.76 Å². The molecule has 1 aromatic rings. The number of nitrogens with zero attached hydrogens (tertiary/aromatic N) is 1. The van der Waals surface area contributed by atoms with Gasteiger partial charge in [-0.2, -0.15) is 5.26 Å². The summed E-state index contributed by atoms with van der Waals surface area (Å²) in [4.78, 5) is 11.8. The minimum Gasteiger partial charge on any atom is -0.423 e. The van der Waals surface area contributed by atoms with Gasteiger partial charge in [0.15, 0.2) is 0 Å². The van der Waals surface area contributed by atoms with Crippen molar-refractivity contribution in [3.8, 4) is 6.07 Å². The van der Waals surface area contributed by atoms with Crippen molar-refractivity contribution in [3.63, 3.8) is 0 Å². The molecule has 0 aromatic heterocycles. The number of allylic oxidation sites excluding steroid dienone is 4. The van der Waals surface area contributed by atoms with Gasteiger partial charge in [0, 0.05) is 5.57 Å². The number of nitriles is 1. The highest BCUT2D eigenvalue weighted by molar-refractivity contribution is 5.90. The average Bonchev–Trinajstić information content (AvgIpc) is 2.43. The lowest BCUT2D eigenvalue weighted by Crippen LogP contribution is -2.03. The Hall–Kier alpha value is -2.60. The molecule has 1 rings (SSSR count). The highest BCUT2D eigenvalue weighted by Crippen LogP contribution is 2.09. The van der Waals surface area contributed by atoms with Crippen LogP contribution in [0.15, 0.2) is 60.4 Å². The molecular formula is C16H15NO2. The highest BCUT2D eigenvalue weighted by Gasteiger charge is 2.07. The van der Waals surface area contributed by atoms with Crippen molar-refractivity contribution < 1.29 is 9.53 Å². The summed E-state index contributed by atoms with van der Waals surface area (Å²) in [6, 6.07) is 9.07. The van der Waals surface area contributed by atoms with Crippen molar-refractivity contribution in [2.45, 2.75) is 13.8 Å². The van der Waals surface area contributed by atoms with Gasteiger partial charge < -0.3 is 4.74 Å². The molecule has 0 aliphatic heterocycles. The van der Waals surface area contributed by atoms with Crippen LogP contribution < -0.4 is 0 Å². The van der Waals surface area contributed by atoms with E-state index in [-0.39, 0.29) is 0 Å². The molecule has 3 heteroatoms. The van der Waals surface area contributed by atoms with E-state index in [0.717, 1.165) is 5.56 Å². The molecule has 3 nitrogen and oxygen atoms in total. The number of esters is 1. The topological polar surface area (TPSA) is 50.1 Å². The number of aryl methyl sites for hydroxylation is 1. The Morgan fingerprint density at radius 1 is 1.32 bits per heavy atom.